The van der Waals surface area contributed by atoms with E-state index in [1.807, 2.05) is 25.2 Å². The van der Waals surface area contributed by atoms with Gasteiger partial charge in [0.05, 0.1) is 6.04 Å². The molecule has 0 heterocycles. The quantitative estimate of drug-likeness (QED) is 0.250. The molecule has 5 N–H and O–H groups in total. The van der Waals surface area contributed by atoms with Gasteiger partial charge in [-0.2, -0.15) is 0 Å². The lowest BCUT2D eigenvalue weighted by Gasteiger charge is -2.15. The number of ketones is 1. The van der Waals surface area contributed by atoms with Crippen LogP contribution in [0.15, 0.2) is 30.3 Å². The summed E-state index contributed by atoms with van der Waals surface area (Å²) < 4.78 is 5.79. The number of aromatic hydroxyl groups is 1. The van der Waals surface area contributed by atoms with Crippen LogP contribution in [0.3, 0.4) is 0 Å². The Morgan fingerprint density at radius 2 is 1.73 bits per heavy atom. The van der Waals surface area contributed by atoms with Crippen LogP contribution in [0.1, 0.15) is 79.7 Å². The summed E-state index contributed by atoms with van der Waals surface area (Å²) in [4.78, 5) is 24.4. The molecule has 0 aliphatic heterocycles. The summed E-state index contributed by atoms with van der Waals surface area (Å²) in [7, 11) is 1.90. The molecule has 0 saturated carbocycles. The first kappa shape index (κ1) is 30.3. The predicted molar refractivity (Wildman–Crippen MR) is 149 cm³/mol. The lowest BCUT2D eigenvalue weighted by molar-refractivity contribution is -0.123. The number of carbonyl (C=O) groups excluding carboxylic acids is 2. The summed E-state index contributed by atoms with van der Waals surface area (Å²) in [6, 6.07) is 9.24. The molecule has 0 saturated heterocycles. The normalized spacial score (nSPS) is 12.0. The van der Waals surface area contributed by atoms with Crippen molar-refractivity contribution in [3.8, 4) is 11.5 Å². The molecule has 0 fully saturated rings. The number of hydrogen-bond donors (Lipinski definition) is 4. The number of ether oxygens (including phenoxy) is 1. The van der Waals surface area contributed by atoms with Crippen molar-refractivity contribution >= 4 is 11.7 Å². The summed E-state index contributed by atoms with van der Waals surface area (Å²) in [5.74, 6) is 1.10. The van der Waals surface area contributed by atoms with Gasteiger partial charge in [0.1, 0.15) is 18.1 Å². The van der Waals surface area contributed by atoms with Crippen molar-refractivity contribution in [2.45, 2.75) is 78.2 Å². The molecule has 7 nitrogen and oxygen atoms in total. The van der Waals surface area contributed by atoms with Crippen molar-refractivity contribution in [1.29, 1.82) is 0 Å². The molecular weight excluding hydrogens is 466 g/mol. The van der Waals surface area contributed by atoms with E-state index in [4.69, 9.17) is 10.5 Å². The van der Waals surface area contributed by atoms with E-state index in [-0.39, 0.29) is 24.2 Å². The molecule has 0 aliphatic carbocycles. The molecule has 7 heteroatoms. The van der Waals surface area contributed by atoms with Crippen LogP contribution in [0.25, 0.3) is 0 Å². The van der Waals surface area contributed by atoms with Gasteiger partial charge in [-0.1, -0.05) is 32.4 Å². The second-order valence-electron chi connectivity index (χ2n) is 10.2. The maximum absolute atomic E-state index is 12.3. The van der Waals surface area contributed by atoms with Crippen LogP contribution >= 0.6 is 0 Å². The van der Waals surface area contributed by atoms with Crippen LogP contribution in [0.4, 0.5) is 0 Å². The van der Waals surface area contributed by atoms with Crippen molar-refractivity contribution < 1.29 is 19.4 Å². The fraction of sp³-hybridized carbons (Fsp3) is 0.533. The molecule has 0 radical (unpaired) electrons. The Balaban J connectivity index is 1.79. The van der Waals surface area contributed by atoms with E-state index < -0.39 is 6.04 Å². The lowest BCUT2D eigenvalue weighted by Crippen LogP contribution is -2.41. The highest BCUT2D eigenvalue weighted by Gasteiger charge is 2.14. The maximum Gasteiger partial charge on any atom is 0.236 e. The van der Waals surface area contributed by atoms with Gasteiger partial charge in [-0.15, -0.1) is 0 Å². The van der Waals surface area contributed by atoms with E-state index in [2.05, 4.69) is 44.4 Å². The average molecular weight is 512 g/mol. The summed E-state index contributed by atoms with van der Waals surface area (Å²) in [6.45, 7) is 9.60. The van der Waals surface area contributed by atoms with Crippen molar-refractivity contribution in [2.24, 2.45) is 5.73 Å². The van der Waals surface area contributed by atoms with E-state index in [0.717, 1.165) is 48.1 Å². The largest absolute Gasteiger partial charge is 0.508 e. The van der Waals surface area contributed by atoms with Crippen molar-refractivity contribution in [1.82, 2.24) is 10.6 Å². The highest BCUT2D eigenvalue weighted by Crippen LogP contribution is 2.29. The van der Waals surface area contributed by atoms with Crippen LogP contribution in [-0.2, 0) is 16.0 Å². The van der Waals surface area contributed by atoms with Crippen LogP contribution in [0.5, 0.6) is 11.5 Å². The number of nitrogens with one attached hydrogen (secondary N) is 2. The van der Waals surface area contributed by atoms with E-state index in [9.17, 15) is 14.7 Å². The summed E-state index contributed by atoms with van der Waals surface area (Å²) in [5, 5.41) is 16.0. The van der Waals surface area contributed by atoms with Gasteiger partial charge in [0, 0.05) is 13.0 Å². The number of hydrogen-bond acceptors (Lipinski definition) is 6. The topological polar surface area (TPSA) is 114 Å². The second kappa shape index (κ2) is 15.4. The smallest absolute Gasteiger partial charge is 0.236 e. The monoisotopic (exact) mass is 511 g/mol. The summed E-state index contributed by atoms with van der Waals surface area (Å²) >= 11 is 0. The molecule has 37 heavy (non-hydrogen) atoms. The maximum atomic E-state index is 12.3. The van der Waals surface area contributed by atoms with Gasteiger partial charge in [0.15, 0.2) is 5.78 Å². The first-order chi connectivity index (χ1) is 17.6. The van der Waals surface area contributed by atoms with Gasteiger partial charge in [0.25, 0.3) is 0 Å². The number of rotatable bonds is 16. The number of phenolic OH excluding ortho intramolecular Hbond substituents is 1. The minimum absolute atomic E-state index is 0.00435. The number of phenols is 1. The third-order valence-electron chi connectivity index (χ3n) is 6.62. The summed E-state index contributed by atoms with van der Waals surface area (Å²) in [6.07, 6.45) is 4.22. The highest BCUT2D eigenvalue weighted by molar-refractivity contribution is 5.82. The van der Waals surface area contributed by atoms with E-state index in [1.165, 1.54) is 5.56 Å². The zero-order chi connectivity index (χ0) is 27.4. The molecule has 1 atom stereocenters. The van der Waals surface area contributed by atoms with Crippen molar-refractivity contribution in [3.63, 3.8) is 0 Å². The third-order valence-corrected chi connectivity index (χ3v) is 6.62. The first-order valence-electron chi connectivity index (χ1n) is 13.4. The molecular formula is C30H45N3O4. The zero-order valence-corrected chi connectivity index (χ0v) is 23.2. The minimum Gasteiger partial charge on any atom is -0.508 e. The van der Waals surface area contributed by atoms with Crippen LogP contribution in [0.2, 0.25) is 0 Å². The number of carbonyl (C=O) groups is 2. The Labute approximate surface area is 222 Å². The zero-order valence-electron chi connectivity index (χ0n) is 23.2. The van der Waals surface area contributed by atoms with Crippen LogP contribution in [-0.4, -0.2) is 49.6 Å². The van der Waals surface area contributed by atoms with Gasteiger partial charge in [-0.05, 0) is 105 Å². The van der Waals surface area contributed by atoms with Gasteiger partial charge < -0.3 is 26.2 Å². The van der Waals surface area contributed by atoms with Gasteiger partial charge >= 0.3 is 0 Å². The Hall–Kier alpha value is -2.90. The Morgan fingerprint density at radius 1 is 1.03 bits per heavy atom. The van der Waals surface area contributed by atoms with Crippen molar-refractivity contribution in [2.75, 3.05) is 26.7 Å². The average Bonchev–Trinajstić information content (AvgIpc) is 2.85. The van der Waals surface area contributed by atoms with Gasteiger partial charge in [0.2, 0.25) is 5.91 Å². The number of nitrogens with two attached hydrogens (primary N) is 1. The Kier molecular flexibility index (Phi) is 12.6. The first-order valence-corrected chi connectivity index (χ1v) is 13.4. The Bertz CT molecular complexity index is 1010. The van der Waals surface area contributed by atoms with Crippen molar-refractivity contribution in [3.05, 3.63) is 58.1 Å². The number of Topliss-reactive ketones (excluding diaryl/α,β-unsaturated/α-hetero) is 1. The molecule has 0 aromatic heterocycles. The molecule has 2 aromatic carbocycles. The highest BCUT2D eigenvalue weighted by atomic mass is 16.5. The Morgan fingerprint density at radius 3 is 2.38 bits per heavy atom. The molecule has 0 bridgehead atoms. The number of benzene rings is 2. The third kappa shape index (κ3) is 10.2. The van der Waals surface area contributed by atoms with Crippen LogP contribution < -0.4 is 21.1 Å². The molecule has 0 unspecified atom stereocenters. The molecule has 204 valence electrons. The molecule has 0 aliphatic rings. The van der Waals surface area contributed by atoms with E-state index >= 15 is 0 Å². The minimum atomic E-state index is -0.503. The van der Waals surface area contributed by atoms with Crippen LogP contribution in [0, 0.1) is 13.8 Å². The summed E-state index contributed by atoms with van der Waals surface area (Å²) in [5.41, 5.74) is 11.5. The lowest BCUT2D eigenvalue weighted by atomic mass is 9.93. The number of aryl methyl sites for hydroxylation is 2. The van der Waals surface area contributed by atoms with E-state index in [1.54, 1.807) is 6.07 Å². The molecule has 1 amide bonds. The fourth-order valence-electron chi connectivity index (χ4n) is 4.36. The molecule has 2 aromatic rings. The SMILES string of the molecule is CNCCCC[C@H](N)C(=O)NCCCC(=O)COc1cc(C)c(Cc2ccc(O)c(C(C)C)c2)c(C)c1. The number of unbranched alkanes of at least 4 members (excludes halogenated alkanes) is 1. The second-order valence-corrected chi connectivity index (χ2v) is 10.2. The predicted octanol–water partition coefficient (Wildman–Crippen LogP) is 4.28. The standard InChI is InChI=1S/C30H45N3O4/c1-20(2)26-17-23(11-12-29(26)35)18-27-21(3)15-25(16-22(27)4)37-19-24(34)9-8-14-33-30(36)28(31)10-6-7-13-32-5/h11-12,15-17,20,28,32,35H,6-10,13-14,18-19,31H2,1-5H3,(H,33,36)/t28-/m0/s1. The fourth-order valence-corrected chi connectivity index (χ4v) is 4.36. The number of amides is 1. The van der Waals surface area contributed by atoms with Gasteiger partial charge in [-0.3, -0.25) is 9.59 Å². The van der Waals surface area contributed by atoms with E-state index in [0.29, 0.717) is 37.3 Å². The van der Waals surface area contributed by atoms with Gasteiger partial charge in [-0.25, -0.2) is 0 Å². The molecule has 2 rings (SSSR count). The molecule has 0 spiro atoms.